The van der Waals surface area contributed by atoms with Crippen LogP contribution in [-0.2, 0) is 15.7 Å². The van der Waals surface area contributed by atoms with Crippen LogP contribution >= 0.6 is 23.2 Å². The molecule has 0 bridgehead atoms. The number of amides is 1. The first kappa shape index (κ1) is 33.1. The van der Waals surface area contributed by atoms with Gasteiger partial charge in [0.15, 0.2) is 5.69 Å². The van der Waals surface area contributed by atoms with E-state index >= 15 is 0 Å². The van der Waals surface area contributed by atoms with Crippen molar-refractivity contribution in [2.45, 2.75) is 97.5 Å². The Kier molecular flexibility index (Phi) is 8.88. The standard InChI is InChI=1S/C32H40Cl2F3N3O4/c1-6-44-29(43)31(5)9-7-18(8-10-31)40-27(32(35,36)37)20(15-38-40)28(42)39(19-13-21-22(14-19)30(21,3)4)16-25(41)26-23(33)11-17(2)12-24(26)34/h11-12,15,18-19,21-22,25,41H,6-10,13-14,16H2,1-5H3/t18?,19-,21+,22-,25?,31?. The smallest absolute Gasteiger partial charge is 0.433 e. The zero-order valence-electron chi connectivity index (χ0n) is 25.7. The molecule has 1 N–H and O–H groups in total. The predicted octanol–water partition coefficient (Wildman–Crippen LogP) is 7.81. The highest BCUT2D eigenvalue weighted by Crippen LogP contribution is 2.67. The fraction of sp³-hybridized carbons (Fsp3) is 0.656. The van der Waals surface area contributed by atoms with Gasteiger partial charge in [0.1, 0.15) is 0 Å². The van der Waals surface area contributed by atoms with Gasteiger partial charge in [0.25, 0.3) is 5.91 Å². The van der Waals surface area contributed by atoms with Crippen LogP contribution < -0.4 is 0 Å². The van der Waals surface area contributed by atoms with Crippen molar-refractivity contribution in [3.8, 4) is 0 Å². The van der Waals surface area contributed by atoms with E-state index in [0.29, 0.717) is 37.5 Å². The normalized spacial score (nSPS) is 28.3. The number of carbonyl (C=O) groups is 2. The summed E-state index contributed by atoms with van der Waals surface area (Å²) >= 11 is 12.9. The van der Waals surface area contributed by atoms with Gasteiger partial charge in [0.2, 0.25) is 0 Å². The van der Waals surface area contributed by atoms with E-state index in [-0.39, 0.29) is 59.0 Å². The van der Waals surface area contributed by atoms with Crippen molar-refractivity contribution in [3.63, 3.8) is 0 Å². The monoisotopic (exact) mass is 657 g/mol. The first-order valence-corrected chi connectivity index (χ1v) is 16.0. The van der Waals surface area contributed by atoms with E-state index in [1.807, 2.05) is 0 Å². The predicted molar refractivity (Wildman–Crippen MR) is 160 cm³/mol. The molecule has 1 heterocycles. The van der Waals surface area contributed by atoms with Crippen LogP contribution in [0.5, 0.6) is 0 Å². The van der Waals surface area contributed by atoms with Crippen LogP contribution in [0.25, 0.3) is 0 Å². The van der Waals surface area contributed by atoms with Crippen molar-refractivity contribution in [2.24, 2.45) is 22.7 Å². The van der Waals surface area contributed by atoms with Gasteiger partial charge in [0, 0.05) is 21.7 Å². The summed E-state index contributed by atoms with van der Waals surface area (Å²) in [6.45, 7) is 9.57. The second-order valence-electron chi connectivity index (χ2n) is 13.6. The minimum atomic E-state index is -4.86. The molecule has 3 fully saturated rings. The van der Waals surface area contributed by atoms with Crippen LogP contribution in [0, 0.1) is 29.6 Å². The minimum Gasteiger partial charge on any atom is -0.466 e. The molecule has 12 heteroatoms. The van der Waals surface area contributed by atoms with E-state index in [4.69, 9.17) is 27.9 Å². The van der Waals surface area contributed by atoms with Gasteiger partial charge in [-0.1, -0.05) is 37.0 Å². The van der Waals surface area contributed by atoms with E-state index < -0.39 is 40.9 Å². The van der Waals surface area contributed by atoms with Gasteiger partial charge in [-0.25, -0.2) is 0 Å². The number of carbonyl (C=O) groups excluding carboxylic acids is 2. The number of aromatic nitrogens is 2. The first-order valence-electron chi connectivity index (χ1n) is 15.3. The maximum Gasteiger partial charge on any atom is 0.433 e. The highest BCUT2D eigenvalue weighted by Gasteiger charge is 2.63. The maximum absolute atomic E-state index is 14.7. The van der Waals surface area contributed by atoms with Gasteiger partial charge in [-0.15, -0.1) is 0 Å². The quantitative estimate of drug-likeness (QED) is 0.293. The maximum atomic E-state index is 14.7. The largest absolute Gasteiger partial charge is 0.466 e. The molecule has 2 aromatic rings. The van der Waals surface area contributed by atoms with Crippen LogP contribution in [0.2, 0.25) is 10.0 Å². The Bertz CT molecular complexity index is 1400. The van der Waals surface area contributed by atoms with Crippen molar-refractivity contribution in [1.29, 1.82) is 0 Å². The Hall–Kier alpha value is -2.30. The molecule has 7 nitrogen and oxygen atoms in total. The summed E-state index contributed by atoms with van der Waals surface area (Å²) in [6.07, 6.45) is -2.67. The van der Waals surface area contributed by atoms with Crippen LogP contribution in [0.1, 0.15) is 106 Å². The molecule has 0 aliphatic heterocycles. The molecule has 3 saturated carbocycles. The molecule has 1 unspecified atom stereocenters. The molecular formula is C32H40Cl2F3N3O4. The van der Waals surface area contributed by atoms with Crippen LogP contribution in [0.4, 0.5) is 13.2 Å². The van der Waals surface area contributed by atoms with E-state index in [1.165, 1.54) is 4.90 Å². The average Bonchev–Trinajstić information content (AvgIpc) is 3.35. The fourth-order valence-electron chi connectivity index (χ4n) is 7.66. The lowest BCUT2D eigenvalue weighted by Gasteiger charge is -2.36. The third-order valence-electron chi connectivity index (χ3n) is 10.4. The number of nitrogens with zero attached hydrogens (tertiary/aromatic N) is 3. The third-order valence-corrected chi connectivity index (χ3v) is 11.1. The van der Waals surface area contributed by atoms with Crippen molar-refractivity contribution in [3.05, 3.63) is 50.8 Å². The summed E-state index contributed by atoms with van der Waals surface area (Å²) in [6, 6.07) is 2.30. The highest BCUT2D eigenvalue weighted by atomic mass is 35.5. The summed E-state index contributed by atoms with van der Waals surface area (Å²) < 4.78 is 50.3. The van der Waals surface area contributed by atoms with E-state index in [2.05, 4.69) is 18.9 Å². The Balaban J connectivity index is 1.45. The number of rotatable bonds is 8. The molecular weight excluding hydrogens is 618 g/mol. The number of benzene rings is 1. The van der Waals surface area contributed by atoms with Crippen molar-refractivity contribution >= 4 is 35.1 Å². The Morgan fingerprint density at radius 1 is 1.14 bits per heavy atom. The first-order chi connectivity index (χ1) is 20.5. The molecule has 3 aliphatic carbocycles. The summed E-state index contributed by atoms with van der Waals surface area (Å²) in [5, 5.41) is 15.9. The second-order valence-corrected chi connectivity index (χ2v) is 14.5. The van der Waals surface area contributed by atoms with Gasteiger partial charge in [0.05, 0.1) is 42.5 Å². The molecule has 0 radical (unpaired) electrons. The number of alkyl halides is 3. The summed E-state index contributed by atoms with van der Waals surface area (Å²) in [7, 11) is 0. The lowest BCUT2D eigenvalue weighted by molar-refractivity contribution is -0.157. The van der Waals surface area contributed by atoms with Gasteiger partial charge >= 0.3 is 12.1 Å². The van der Waals surface area contributed by atoms with Gasteiger partial charge < -0.3 is 14.7 Å². The number of aliphatic hydroxyl groups excluding tert-OH is 1. The SMILES string of the molecule is CCOC(=O)C1(C)CCC(n2ncc(C(=O)N(CC(O)c3c(Cl)cc(C)cc3Cl)[C@H]3C[C@@H]4[C@H](C3)C4(C)C)c2C(F)(F)F)CC1. The summed E-state index contributed by atoms with van der Waals surface area (Å²) in [5.74, 6) is -0.482. The number of hydrogen-bond donors (Lipinski definition) is 1. The lowest BCUT2D eigenvalue weighted by atomic mass is 9.74. The minimum absolute atomic E-state index is 0.119. The van der Waals surface area contributed by atoms with Crippen LogP contribution in [-0.4, -0.2) is 50.9 Å². The van der Waals surface area contributed by atoms with Crippen LogP contribution in [0.15, 0.2) is 18.3 Å². The Morgan fingerprint density at radius 3 is 2.23 bits per heavy atom. The van der Waals surface area contributed by atoms with E-state index in [1.54, 1.807) is 32.9 Å². The van der Waals surface area contributed by atoms with E-state index in [9.17, 15) is 27.9 Å². The molecule has 0 spiro atoms. The molecule has 1 aromatic carbocycles. The fourth-order valence-corrected chi connectivity index (χ4v) is 8.51. The molecule has 4 atom stereocenters. The number of ether oxygens (including phenoxy) is 1. The van der Waals surface area contributed by atoms with Crippen molar-refractivity contribution < 1.29 is 32.6 Å². The highest BCUT2D eigenvalue weighted by molar-refractivity contribution is 6.36. The number of aryl methyl sites for hydroxylation is 1. The Morgan fingerprint density at radius 2 is 1.70 bits per heavy atom. The summed E-state index contributed by atoms with van der Waals surface area (Å²) in [5.41, 5.74) is -1.30. The third kappa shape index (κ3) is 5.98. The van der Waals surface area contributed by atoms with Crippen molar-refractivity contribution in [2.75, 3.05) is 13.2 Å². The molecule has 44 heavy (non-hydrogen) atoms. The van der Waals surface area contributed by atoms with E-state index in [0.717, 1.165) is 16.4 Å². The number of hydrogen-bond acceptors (Lipinski definition) is 5. The molecule has 242 valence electrons. The summed E-state index contributed by atoms with van der Waals surface area (Å²) in [4.78, 5) is 28.0. The molecule has 0 saturated heterocycles. The average molecular weight is 659 g/mol. The zero-order valence-corrected chi connectivity index (χ0v) is 27.2. The number of aliphatic hydroxyl groups is 1. The molecule has 1 amide bonds. The number of halogens is 5. The van der Waals surface area contributed by atoms with Crippen LogP contribution in [0.3, 0.4) is 0 Å². The lowest BCUT2D eigenvalue weighted by Crippen LogP contribution is -2.43. The molecule has 1 aromatic heterocycles. The van der Waals surface area contributed by atoms with Gasteiger partial charge in [-0.3, -0.25) is 14.3 Å². The Labute approximate surface area is 266 Å². The van der Waals surface area contributed by atoms with Gasteiger partial charge in [-0.05, 0) is 94.2 Å². The number of fused-ring (bicyclic) bond motifs is 1. The molecule has 3 aliphatic rings. The van der Waals surface area contributed by atoms with Gasteiger partial charge in [-0.2, -0.15) is 18.3 Å². The number of esters is 1. The second kappa shape index (κ2) is 11.8. The molecule has 5 rings (SSSR count). The van der Waals surface area contributed by atoms with Crippen molar-refractivity contribution in [1.82, 2.24) is 14.7 Å². The topological polar surface area (TPSA) is 84.7 Å². The zero-order chi connectivity index (χ0) is 32.4.